The predicted molar refractivity (Wildman–Crippen MR) is 300 cm³/mol. The minimum absolute atomic E-state index is 0.0114. The van der Waals surface area contributed by atoms with Gasteiger partial charge in [-0.15, -0.1) is 0 Å². The van der Waals surface area contributed by atoms with Crippen molar-refractivity contribution in [3.05, 3.63) is 59.7 Å². The number of benzene rings is 2. The quantitative estimate of drug-likeness (QED) is 0.0176. The van der Waals surface area contributed by atoms with Crippen molar-refractivity contribution in [2.45, 2.75) is 152 Å². The molecule has 32 nitrogen and oxygen atoms in total. The zero-order valence-electron chi connectivity index (χ0n) is 47.4. The molecular formula is C53H80N14O18. The summed E-state index contributed by atoms with van der Waals surface area (Å²) in [7, 11) is 0. The first-order valence-corrected chi connectivity index (χ1v) is 27.2. The van der Waals surface area contributed by atoms with Gasteiger partial charge in [-0.25, -0.2) is 4.79 Å². The maximum atomic E-state index is 14.1. The Kier molecular flexibility index (Phi) is 28.3. The third-order valence-electron chi connectivity index (χ3n) is 13.3. The number of aliphatic hydroxyl groups excluding tert-OH is 4. The van der Waals surface area contributed by atoms with Gasteiger partial charge in [-0.1, -0.05) is 38.1 Å². The van der Waals surface area contributed by atoms with Crippen molar-refractivity contribution in [3.63, 3.8) is 0 Å². The van der Waals surface area contributed by atoms with Crippen LogP contribution in [0.2, 0.25) is 0 Å². The molecule has 0 bridgehead atoms. The van der Waals surface area contributed by atoms with E-state index in [0.29, 0.717) is 11.1 Å². The fourth-order valence-electron chi connectivity index (χ4n) is 8.73. The molecule has 0 aromatic heterocycles. The lowest BCUT2D eigenvalue weighted by molar-refractivity contribution is -0.146. The van der Waals surface area contributed by atoms with E-state index in [9.17, 15) is 88.5 Å². The summed E-state index contributed by atoms with van der Waals surface area (Å²) in [5.74, 6) is -13.0. The molecule has 1 fully saturated rings. The number of nitrogens with two attached hydrogens (primary N) is 4. The molecule has 0 radical (unpaired) electrons. The first kappa shape index (κ1) is 70.5. The number of phenolic OH excluding ortho intramolecular Hbond substituents is 2. The van der Waals surface area contributed by atoms with Gasteiger partial charge in [0, 0.05) is 19.5 Å². The highest BCUT2D eigenvalue weighted by atomic mass is 16.4. The van der Waals surface area contributed by atoms with E-state index in [1.165, 1.54) is 36.4 Å². The number of nitrogens with one attached hydrogen (secondary N) is 8. The number of phenols is 2. The monoisotopic (exact) mass is 1200 g/mol. The summed E-state index contributed by atoms with van der Waals surface area (Å²) in [6.45, 7) is 3.31. The van der Waals surface area contributed by atoms with Crippen molar-refractivity contribution in [1.29, 1.82) is 0 Å². The van der Waals surface area contributed by atoms with Gasteiger partial charge in [0.25, 0.3) is 0 Å². The summed E-state index contributed by atoms with van der Waals surface area (Å²) in [6, 6.07) is -4.64. The average Bonchev–Trinajstić information content (AvgIpc) is 4.21. The summed E-state index contributed by atoms with van der Waals surface area (Å²) in [5, 5.41) is 88.8. The molecule has 3 rings (SSSR count). The third kappa shape index (κ3) is 23.1. The molecule has 1 saturated heterocycles. The SMILES string of the molecule is CC(C)C[C@H](NC(=O)[C@H](Cc1ccc(O)cc1)NC(=O)[C@@H](N)Cc1ccc(O)cc1)C(=O)N[C@@H](CO)C(=O)N[C@@H](CCCN=C(N)N)C(=O)N[C@H](C(=O)N[C@@H](CC(N)=O)C(=O)N[C@H](C(=O)N1CCC[C@H]1C(=O)N[C@@H](CO)C(=O)O)[C@@H](C)O)[C@@H](C)O. The van der Waals surface area contributed by atoms with Crippen LogP contribution in [0.1, 0.15) is 77.3 Å². The van der Waals surface area contributed by atoms with Crippen molar-refractivity contribution in [1.82, 2.24) is 47.4 Å². The van der Waals surface area contributed by atoms with Gasteiger partial charge in [0.2, 0.25) is 59.1 Å². The third-order valence-corrected chi connectivity index (χ3v) is 13.3. The van der Waals surface area contributed by atoms with Crippen LogP contribution < -0.4 is 65.5 Å². The van der Waals surface area contributed by atoms with Crippen LogP contribution in [0.15, 0.2) is 53.5 Å². The number of hydrogen-bond donors (Lipinski definition) is 19. The second-order valence-corrected chi connectivity index (χ2v) is 20.8. The molecule has 1 aliphatic heterocycles. The van der Waals surface area contributed by atoms with E-state index in [1.807, 2.05) is 0 Å². The molecule has 470 valence electrons. The van der Waals surface area contributed by atoms with Crippen molar-refractivity contribution in [2.75, 3.05) is 26.3 Å². The summed E-state index contributed by atoms with van der Waals surface area (Å²) in [5.41, 5.74) is 23.6. The predicted octanol–water partition coefficient (Wildman–Crippen LogP) is -7.11. The van der Waals surface area contributed by atoms with Crippen LogP contribution in [-0.4, -0.2) is 211 Å². The highest BCUT2D eigenvalue weighted by molar-refractivity contribution is 6.00. The van der Waals surface area contributed by atoms with Crippen LogP contribution in [0.4, 0.5) is 0 Å². The van der Waals surface area contributed by atoms with Gasteiger partial charge in [0.1, 0.15) is 65.9 Å². The molecule has 2 aromatic rings. The van der Waals surface area contributed by atoms with E-state index in [2.05, 4.69) is 47.5 Å². The number of likely N-dealkylation sites (tertiary alicyclic amines) is 1. The number of carboxylic acids is 1. The number of hydrogen-bond acceptors (Lipinski definition) is 19. The number of nitrogens with zero attached hydrogens (tertiary/aromatic N) is 2. The van der Waals surface area contributed by atoms with E-state index in [0.717, 1.165) is 18.7 Å². The number of carbonyl (C=O) groups is 11. The van der Waals surface area contributed by atoms with Crippen LogP contribution in [0.5, 0.6) is 11.5 Å². The number of carboxylic acid groups (broad SMARTS) is 1. The maximum absolute atomic E-state index is 14.1. The summed E-state index contributed by atoms with van der Waals surface area (Å²) in [4.78, 5) is 153. The van der Waals surface area contributed by atoms with E-state index < -0.39 is 157 Å². The molecule has 0 unspecified atom stereocenters. The van der Waals surface area contributed by atoms with Gasteiger partial charge >= 0.3 is 5.97 Å². The smallest absolute Gasteiger partial charge is 0.328 e. The zero-order chi connectivity index (χ0) is 63.8. The van der Waals surface area contributed by atoms with Crippen molar-refractivity contribution < 1.29 is 88.5 Å². The molecule has 12 atom stereocenters. The second kappa shape index (κ2) is 34.2. The number of aromatic hydroxyl groups is 2. The van der Waals surface area contributed by atoms with Gasteiger partial charge in [0.15, 0.2) is 5.96 Å². The van der Waals surface area contributed by atoms with Crippen LogP contribution >= 0.6 is 0 Å². The minimum Gasteiger partial charge on any atom is -0.508 e. The number of aliphatic carboxylic acids is 1. The fourth-order valence-corrected chi connectivity index (χ4v) is 8.73. The average molecular weight is 1200 g/mol. The van der Waals surface area contributed by atoms with Crippen molar-refractivity contribution >= 4 is 71.0 Å². The number of aliphatic hydroxyl groups is 4. The molecule has 32 heteroatoms. The molecule has 85 heavy (non-hydrogen) atoms. The second-order valence-electron chi connectivity index (χ2n) is 20.8. The standard InChI is InChI=1S/C53H80N14O18/c1-25(2)19-34(61-46(78)35(21-29-11-15-31(73)16-12-29)60-43(75)32(54)20-28-9-13-30(72)14-10-28)45(77)63-37(23-68)48(80)59-33(7-5-17-58-53(56)57)44(76)65-41(26(3)70)50(82)62-36(22-40(55)74)47(79)66-42(27(4)71)51(83)67-18-6-8-39(67)49(81)64-38(24-69)52(84)85/h9-16,25-27,32-39,41-42,68-73H,5-8,17-24,54H2,1-4H3,(H2,55,74)(H,59,80)(H,60,75)(H,61,78)(H,62,82)(H,63,77)(H,64,81)(H,65,76)(H,66,79)(H,84,85)(H4,56,57,58)/t26-,27-,32+,33+,34+,35+,36+,37+,38+,39+,41+,42+/m1/s1. The van der Waals surface area contributed by atoms with Gasteiger partial charge in [-0.3, -0.25) is 52.9 Å². The van der Waals surface area contributed by atoms with E-state index in [4.69, 9.17) is 22.9 Å². The van der Waals surface area contributed by atoms with Crippen LogP contribution in [-0.2, 0) is 65.6 Å². The lowest BCUT2D eigenvalue weighted by atomic mass is 10.00. The molecule has 0 aliphatic carbocycles. The van der Waals surface area contributed by atoms with Crippen molar-refractivity contribution in [3.8, 4) is 11.5 Å². The molecule has 2 aromatic carbocycles. The van der Waals surface area contributed by atoms with Crippen molar-refractivity contribution in [2.24, 2.45) is 33.8 Å². The lowest BCUT2D eigenvalue weighted by Gasteiger charge is -2.31. The molecular weight excluding hydrogens is 1120 g/mol. The first-order valence-electron chi connectivity index (χ1n) is 27.2. The molecule has 1 aliphatic rings. The Bertz CT molecular complexity index is 2670. The van der Waals surface area contributed by atoms with Crippen LogP contribution in [0.3, 0.4) is 0 Å². The lowest BCUT2D eigenvalue weighted by Crippen LogP contribution is -2.63. The Hall–Kier alpha value is -8.72. The van der Waals surface area contributed by atoms with Crippen LogP contribution in [0.25, 0.3) is 0 Å². The Labute approximate surface area is 488 Å². The Balaban J connectivity index is 1.85. The van der Waals surface area contributed by atoms with Gasteiger partial charge in [-0.2, -0.15) is 0 Å². The Morgan fingerprint density at radius 1 is 0.588 bits per heavy atom. The highest BCUT2D eigenvalue weighted by Crippen LogP contribution is 2.21. The van der Waals surface area contributed by atoms with Gasteiger partial charge in [0.05, 0.1) is 37.9 Å². The molecule has 0 spiro atoms. The molecule has 0 saturated carbocycles. The Morgan fingerprint density at radius 2 is 1.06 bits per heavy atom. The number of carbonyl (C=O) groups excluding carboxylic acids is 10. The van der Waals surface area contributed by atoms with E-state index in [-0.39, 0.29) is 81.4 Å². The Morgan fingerprint density at radius 3 is 1.58 bits per heavy atom. The fraction of sp³-hybridized carbons (Fsp3) is 0.547. The largest absolute Gasteiger partial charge is 0.508 e. The summed E-state index contributed by atoms with van der Waals surface area (Å²) >= 11 is 0. The van der Waals surface area contributed by atoms with Crippen LogP contribution in [0, 0.1) is 5.92 Å². The van der Waals surface area contributed by atoms with E-state index >= 15 is 0 Å². The normalized spacial score (nSPS) is 16.8. The summed E-state index contributed by atoms with van der Waals surface area (Å²) in [6.07, 6.45) is -4.75. The molecule has 10 amide bonds. The molecule has 1 heterocycles. The number of rotatable bonds is 34. The minimum atomic E-state index is -1.99. The van der Waals surface area contributed by atoms with E-state index in [1.54, 1.807) is 26.0 Å². The maximum Gasteiger partial charge on any atom is 0.328 e. The van der Waals surface area contributed by atoms with Gasteiger partial charge in [-0.05, 0) is 93.7 Å². The topological polar surface area (TPSA) is 545 Å². The number of aliphatic imine (C=N–C) groups is 1. The first-order chi connectivity index (χ1) is 40.0. The highest BCUT2D eigenvalue weighted by Gasteiger charge is 2.42. The zero-order valence-corrected chi connectivity index (χ0v) is 47.4. The number of amides is 10. The summed E-state index contributed by atoms with van der Waals surface area (Å²) < 4.78 is 0. The number of primary amides is 1. The van der Waals surface area contributed by atoms with Gasteiger partial charge < -0.3 is 106 Å². The molecule has 23 N–H and O–H groups in total. The number of guanidine groups is 1.